The van der Waals surface area contributed by atoms with Crippen LogP contribution >= 0.6 is 23.2 Å². The zero-order valence-corrected chi connectivity index (χ0v) is 31.4. The molecule has 4 aromatic rings. The molecule has 0 unspecified atom stereocenters. The molecule has 2 fully saturated rings. The van der Waals surface area contributed by atoms with Gasteiger partial charge in [-0.3, -0.25) is 9.97 Å². The first-order valence-corrected chi connectivity index (χ1v) is 19.3. The van der Waals surface area contributed by atoms with Crippen molar-refractivity contribution in [1.82, 2.24) is 9.97 Å². The van der Waals surface area contributed by atoms with Crippen molar-refractivity contribution < 1.29 is 27.0 Å². The maximum atomic E-state index is 12.7. The van der Waals surface area contributed by atoms with Gasteiger partial charge in [0, 0.05) is 33.6 Å². The summed E-state index contributed by atoms with van der Waals surface area (Å²) in [5.74, 6) is 2.92. The molecule has 4 nitrogen and oxygen atoms in total. The van der Waals surface area contributed by atoms with Crippen molar-refractivity contribution in [3.05, 3.63) is 94.2 Å². The number of alkyl halides is 4. The van der Waals surface area contributed by atoms with Crippen LogP contribution in [-0.4, -0.2) is 23.2 Å². The summed E-state index contributed by atoms with van der Waals surface area (Å²) in [7, 11) is 0. The summed E-state index contributed by atoms with van der Waals surface area (Å²) < 4.78 is 59.8. The number of aromatic nitrogens is 2. The van der Waals surface area contributed by atoms with Crippen LogP contribution in [-0.2, 0) is 0 Å². The maximum absolute atomic E-state index is 12.7. The minimum atomic E-state index is -2.90. The Balaban J connectivity index is 0.000000202. The van der Waals surface area contributed by atoms with E-state index < -0.39 is 13.2 Å². The number of nitrogens with zero attached hydrogens (tertiary/aromatic N) is 2. The van der Waals surface area contributed by atoms with E-state index in [4.69, 9.17) is 23.2 Å². The number of rotatable bonds is 12. The van der Waals surface area contributed by atoms with Gasteiger partial charge in [0.15, 0.2) is 0 Å². The largest absolute Gasteiger partial charge is 0.434 e. The van der Waals surface area contributed by atoms with Crippen molar-refractivity contribution in [3.63, 3.8) is 0 Å². The first kappa shape index (κ1) is 39.8. The molecule has 0 saturated heterocycles. The van der Waals surface area contributed by atoms with Gasteiger partial charge < -0.3 is 9.47 Å². The molecule has 0 atom stereocenters. The molecule has 0 aliphatic heterocycles. The predicted octanol–water partition coefficient (Wildman–Crippen LogP) is 14.2. The molecule has 2 aliphatic carbocycles. The van der Waals surface area contributed by atoms with E-state index in [1.165, 1.54) is 100 Å². The van der Waals surface area contributed by atoms with E-state index in [0.29, 0.717) is 44.4 Å². The van der Waals surface area contributed by atoms with Gasteiger partial charge in [0.1, 0.15) is 11.5 Å². The fraction of sp³-hybridized carbons (Fsp3) is 0.476. The van der Waals surface area contributed by atoms with Crippen LogP contribution in [0.3, 0.4) is 0 Å². The van der Waals surface area contributed by atoms with Gasteiger partial charge in [-0.2, -0.15) is 17.6 Å². The highest BCUT2D eigenvalue weighted by Gasteiger charge is 2.24. The smallest absolute Gasteiger partial charge is 0.387 e. The Morgan fingerprint density at radius 2 is 1.06 bits per heavy atom. The second kappa shape index (κ2) is 19.6. The number of hydrogen-bond donors (Lipinski definition) is 0. The van der Waals surface area contributed by atoms with Gasteiger partial charge in [-0.15, -0.1) is 0 Å². The second-order valence-electron chi connectivity index (χ2n) is 14.0. The Morgan fingerprint density at radius 3 is 1.42 bits per heavy atom. The molecule has 0 spiro atoms. The molecule has 2 aromatic heterocycles. The lowest BCUT2D eigenvalue weighted by Gasteiger charge is -2.28. The van der Waals surface area contributed by atoms with Crippen molar-refractivity contribution in [2.75, 3.05) is 0 Å². The van der Waals surface area contributed by atoms with Crippen LogP contribution in [0.4, 0.5) is 17.6 Å². The molecule has 2 aliphatic rings. The molecular weight excluding hydrogens is 711 g/mol. The van der Waals surface area contributed by atoms with Crippen molar-refractivity contribution in [2.24, 2.45) is 11.8 Å². The SMILES string of the molecule is CCC1CCC(c2ccc(-c3ccc(Cl)cc3OC(F)F)nc2)CC1.CCCCC1CCC(c2ccc(-c3ccc(Cl)cc3OC(F)F)nc2)CC1. The Hall–Kier alpha value is -3.36. The Kier molecular flexibility index (Phi) is 15.0. The van der Waals surface area contributed by atoms with E-state index in [1.54, 1.807) is 24.3 Å². The number of benzene rings is 2. The van der Waals surface area contributed by atoms with Gasteiger partial charge in [0.25, 0.3) is 0 Å². The molecular formula is C42H48Cl2F4N2O2. The van der Waals surface area contributed by atoms with E-state index in [1.807, 2.05) is 24.5 Å². The third kappa shape index (κ3) is 11.3. The van der Waals surface area contributed by atoms with E-state index >= 15 is 0 Å². The van der Waals surface area contributed by atoms with Crippen LogP contribution in [0.15, 0.2) is 73.1 Å². The molecule has 10 heteroatoms. The fourth-order valence-electron chi connectivity index (χ4n) is 7.60. The van der Waals surface area contributed by atoms with Gasteiger partial charge in [-0.05, 0) is 135 Å². The lowest BCUT2D eigenvalue weighted by molar-refractivity contribution is -0.0501. The minimum Gasteiger partial charge on any atom is -0.434 e. The lowest BCUT2D eigenvalue weighted by atomic mass is 9.77. The van der Waals surface area contributed by atoms with E-state index in [2.05, 4.69) is 45.4 Å². The molecule has 0 radical (unpaired) electrons. The number of halogens is 6. The van der Waals surface area contributed by atoms with Gasteiger partial charge >= 0.3 is 13.2 Å². The summed E-state index contributed by atoms with van der Waals surface area (Å²) in [5.41, 5.74) is 4.73. The molecule has 0 bridgehead atoms. The van der Waals surface area contributed by atoms with Crippen LogP contribution in [0.2, 0.25) is 10.0 Å². The van der Waals surface area contributed by atoms with Crippen LogP contribution in [0, 0.1) is 11.8 Å². The van der Waals surface area contributed by atoms with Crippen LogP contribution in [0.1, 0.15) is 114 Å². The lowest BCUT2D eigenvalue weighted by Crippen LogP contribution is -2.13. The van der Waals surface area contributed by atoms with Crippen LogP contribution in [0.25, 0.3) is 22.5 Å². The van der Waals surface area contributed by atoms with Crippen molar-refractivity contribution in [3.8, 4) is 34.0 Å². The molecule has 2 aromatic carbocycles. The fourth-order valence-corrected chi connectivity index (χ4v) is 7.92. The quantitative estimate of drug-likeness (QED) is 0.135. The standard InChI is InChI=1S/C22H26ClF2NO.C20H22ClF2NO/c1-2-3-4-15-5-7-16(8-6-15)17-9-12-20(26-14-17)19-11-10-18(23)13-21(19)27-22(24)25;1-2-13-3-5-14(6-4-13)15-7-10-18(24-12-15)17-9-8-16(21)11-19(17)25-20(22)23/h9-16,22H,2-8H2,1H3;7-14,20H,2-6H2,1H3. The topological polar surface area (TPSA) is 44.2 Å². The highest BCUT2D eigenvalue weighted by Crippen LogP contribution is 2.40. The highest BCUT2D eigenvalue weighted by molar-refractivity contribution is 6.31. The Bertz CT molecular complexity index is 1670. The summed E-state index contributed by atoms with van der Waals surface area (Å²) in [6, 6.07) is 17.3. The number of ether oxygens (including phenoxy) is 2. The van der Waals surface area contributed by atoms with E-state index in [9.17, 15) is 17.6 Å². The molecule has 0 amide bonds. The van der Waals surface area contributed by atoms with Crippen molar-refractivity contribution in [1.29, 1.82) is 0 Å². The third-order valence-corrected chi connectivity index (χ3v) is 11.1. The van der Waals surface area contributed by atoms with Gasteiger partial charge in [0.2, 0.25) is 0 Å². The highest BCUT2D eigenvalue weighted by atomic mass is 35.5. The Morgan fingerprint density at radius 1 is 0.615 bits per heavy atom. The van der Waals surface area contributed by atoms with Gasteiger partial charge in [-0.1, -0.05) is 74.9 Å². The molecule has 52 heavy (non-hydrogen) atoms. The van der Waals surface area contributed by atoms with Crippen LogP contribution in [0.5, 0.6) is 11.5 Å². The van der Waals surface area contributed by atoms with Gasteiger partial charge in [0.05, 0.1) is 11.4 Å². The Labute approximate surface area is 315 Å². The van der Waals surface area contributed by atoms with Gasteiger partial charge in [-0.25, -0.2) is 0 Å². The second-order valence-corrected chi connectivity index (χ2v) is 14.9. The first-order valence-electron chi connectivity index (χ1n) is 18.5. The summed E-state index contributed by atoms with van der Waals surface area (Å²) in [5, 5.41) is 0.703. The molecule has 6 rings (SSSR count). The monoisotopic (exact) mass is 758 g/mol. The average molecular weight is 760 g/mol. The zero-order valence-electron chi connectivity index (χ0n) is 29.9. The molecule has 2 heterocycles. The maximum Gasteiger partial charge on any atom is 0.387 e. The normalized spacial score (nSPS) is 20.3. The van der Waals surface area contributed by atoms with E-state index in [0.717, 1.165) is 11.8 Å². The van der Waals surface area contributed by atoms with E-state index in [-0.39, 0.29) is 11.5 Å². The zero-order chi connectivity index (χ0) is 37.0. The first-order chi connectivity index (χ1) is 25.1. The summed E-state index contributed by atoms with van der Waals surface area (Å²) in [6.45, 7) is -1.29. The average Bonchev–Trinajstić information content (AvgIpc) is 3.14. The molecule has 0 N–H and O–H groups in total. The van der Waals surface area contributed by atoms with Crippen molar-refractivity contribution >= 4 is 23.2 Å². The summed E-state index contributed by atoms with van der Waals surface area (Å²) >= 11 is 11.8. The minimum absolute atomic E-state index is 0.0474. The van der Waals surface area contributed by atoms with Crippen LogP contribution < -0.4 is 9.47 Å². The predicted molar refractivity (Wildman–Crippen MR) is 202 cm³/mol. The van der Waals surface area contributed by atoms with Crippen molar-refractivity contribution in [2.45, 2.75) is 116 Å². The third-order valence-electron chi connectivity index (χ3n) is 10.6. The number of unbranched alkanes of at least 4 members (excludes halogenated alkanes) is 1. The summed E-state index contributed by atoms with van der Waals surface area (Å²) in [6.07, 6.45) is 18.9. The molecule has 2 saturated carbocycles. The number of hydrogen-bond acceptors (Lipinski definition) is 4. The summed E-state index contributed by atoms with van der Waals surface area (Å²) in [4.78, 5) is 9.02. The number of pyridine rings is 2. The molecule has 280 valence electrons.